The molecule has 0 radical (unpaired) electrons. The Hall–Kier alpha value is -3.21. The van der Waals surface area contributed by atoms with Gasteiger partial charge in [0.15, 0.2) is 5.54 Å². The highest BCUT2D eigenvalue weighted by atomic mass is 16.2. The van der Waals surface area contributed by atoms with Crippen molar-refractivity contribution < 1.29 is 9.59 Å². The third kappa shape index (κ3) is 1.51. The Morgan fingerprint density at radius 1 is 1.00 bits per heavy atom. The first kappa shape index (κ1) is 13.2. The van der Waals surface area contributed by atoms with Gasteiger partial charge < -0.3 is 5.32 Å². The Bertz CT molecular complexity index is 990. The number of urea groups is 1. The normalized spacial score (nSPS) is 23.1. The van der Waals surface area contributed by atoms with Crippen molar-refractivity contribution in [3.05, 3.63) is 71.3 Å². The zero-order valence-electron chi connectivity index (χ0n) is 12.7. The molecule has 2 N–H and O–H groups in total. The van der Waals surface area contributed by atoms with E-state index in [0.29, 0.717) is 6.54 Å². The monoisotopic (exact) mass is 315 g/mol. The Balaban J connectivity index is 1.81. The second-order valence-corrected chi connectivity index (χ2v) is 6.09. The van der Waals surface area contributed by atoms with Gasteiger partial charge in [0.25, 0.3) is 5.91 Å². The van der Waals surface area contributed by atoms with Gasteiger partial charge in [0, 0.05) is 11.1 Å². The molecule has 2 aromatic rings. The Kier molecular flexibility index (Phi) is 2.44. The van der Waals surface area contributed by atoms with Crippen LogP contribution in [0.15, 0.2) is 59.6 Å². The average Bonchev–Trinajstić information content (AvgIpc) is 3.28. The van der Waals surface area contributed by atoms with Gasteiger partial charge in [-0.2, -0.15) is 0 Å². The molecule has 3 aliphatic rings. The van der Waals surface area contributed by atoms with E-state index in [1.165, 1.54) is 0 Å². The smallest absolute Gasteiger partial charge is 0.316 e. The fraction of sp³-hybridized carbons (Fsp3) is 0.105. The first-order valence-electron chi connectivity index (χ1n) is 7.79. The SMILES string of the molecule is O=C1NC(=O)C2(N1)c1ccccc1-c1ccc(C3=NCC=C3)cc12. The van der Waals surface area contributed by atoms with Crippen LogP contribution >= 0.6 is 0 Å². The van der Waals surface area contributed by atoms with Crippen LogP contribution in [0.3, 0.4) is 0 Å². The molecule has 2 aromatic carbocycles. The summed E-state index contributed by atoms with van der Waals surface area (Å²) in [5.74, 6) is -0.334. The third-order valence-corrected chi connectivity index (χ3v) is 4.85. The van der Waals surface area contributed by atoms with E-state index < -0.39 is 11.6 Å². The van der Waals surface area contributed by atoms with Crippen molar-refractivity contribution in [1.82, 2.24) is 10.6 Å². The highest BCUT2D eigenvalue weighted by Gasteiger charge is 2.54. The summed E-state index contributed by atoms with van der Waals surface area (Å²) in [6.45, 7) is 0.676. The molecule has 0 saturated carbocycles. The van der Waals surface area contributed by atoms with Gasteiger partial charge in [-0.15, -0.1) is 0 Å². The number of carbonyl (C=O) groups excluding carboxylic acids is 2. The van der Waals surface area contributed by atoms with E-state index >= 15 is 0 Å². The number of rotatable bonds is 1. The average molecular weight is 315 g/mol. The molecule has 1 spiro atoms. The number of aliphatic imine (C=N–C) groups is 1. The van der Waals surface area contributed by atoms with Crippen molar-refractivity contribution in [2.75, 3.05) is 6.54 Å². The molecule has 1 fully saturated rings. The van der Waals surface area contributed by atoms with Gasteiger partial charge in [-0.1, -0.05) is 42.5 Å². The van der Waals surface area contributed by atoms with Crippen molar-refractivity contribution in [2.45, 2.75) is 5.54 Å². The highest BCUT2D eigenvalue weighted by molar-refractivity contribution is 6.15. The predicted octanol–water partition coefficient (Wildman–Crippen LogP) is 2.11. The molecule has 0 bridgehead atoms. The number of hydrogen-bond donors (Lipinski definition) is 2. The lowest BCUT2D eigenvalue weighted by atomic mass is 9.86. The van der Waals surface area contributed by atoms with Crippen molar-refractivity contribution >= 4 is 17.6 Å². The molecule has 116 valence electrons. The van der Waals surface area contributed by atoms with E-state index in [4.69, 9.17) is 0 Å². The predicted molar refractivity (Wildman–Crippen MR) is 89.9 cm³/mol. The lowest BCUT2D eigenvalue weighted by Gasteiger charge is -2.23. The van der Waals surface area contributed by atoms with Gasteiger partial charge in [-0.25, -0.2) is 4.79 Å². The number of carbonyl (C=O) groups is 2. The Morgan fingerprint density at radius 3 is 2.58 bits per heavy atom. The number of fused-ring (bicyclic) bond motifs is 5. The summed E-state index contributed by atoms with van der Waals surface area (Å²) in [5.41, 5.74) is 4.24. The van der Waals surface area contributed by atoms with Gasteiger partial charge in [0.2, 0.25) is 0 Å². The quantitative estimate of drug-likeness (QED) is 0.791. The zero-order valence-corrected chi connectivity index (χ0v) is 12.7. The van der Waals surface area contributed by atoms with E-state index in [0.717, 1.165) is 33.5 Å². The lowest BCUT2D eigenvalue weighted by molar-refractivity contribution is -0.122. The number of benzene rings is 2. The fourth-order valence-corrected chi connectivity index (χ4v) is 3.83. The van der Waals surface area contributed by atoms with E-state index in [1.54, 1.807) is 0 Å². The summed E-state index contributed by atoms with van der Waals surface area (Å²) in [4.78, 5) is 29.1. The third-order valence-electron chi connectivity index (χ3n) is 4.85. The van der Waals surface area contributed by atoms with Crippen LogP contribution in [-0.4, -0.2) is 24.2 Å². The molecule has 24 heavy (non-hydrogen) atoms. The van der Waals surface area contributed by atoms with Crippen LogP contribution in [0.25, 0.3) is 11.1 Å². The summed E-state index contributed by atoms with van der Waals surface area (Å²) in [5, 5.41) is 5.24. The topological polar surface area (TPSA) is 70.6 Å². The molecule has 2 aliphatic heterocycles. The van der Waals surface area contributed by atoms with Crippen LogP contribution in [0, 0.1) is 0 Å². The van der Waals surface area contributed by atoms with Crippen LogP contribution in [0.4, 0.5) is 4.79 Å². The maximum Gasteiger partial charge on any atom is 0.322 e. The Labute approximate surface area is 138 Å². The first-order valence-corrected chi connectivity index (χ1v) is 7.79. The summed E-state index contributed by atoms with van der Waals surface area (Å²) in [6.07, 6.45) is 3.97. The van der Waals surface area contributed by atoms with E-state index in [2.05, 4.69) is 15.6 Å². The molecular weight excluding hydrogens is 302 g/mol. The van der Waals surface area contributed by atoms with Crippen LogP contribution in [0.1, 0.15) is 16.7 Å². The van der Waals surface area contributed by atoms with Crippen molar-refractivity contribution in [3.8, 4) is 11.1 Å². The van der Waals surface area contributed by atoms with Gasteiger partial charge in [-0.05, 0) is 28.8 Å². The van der Waals surface area contributed by atoms with Crippen molar-refractivity contribution in [2.24, 2.45) is 4.99 Å². The molecule has 5 rings (SSSR count). The standard InChI is InChI=1S/C19H13N3O2/c23-17-19(22-18(24)21-17)14-5-2-1-4-12(14)13-8-7-11(10-15(13)19)16-6-3-9-20-16/h1-8,10H,9H2,(H2,21,22,23,24). The molecule has 5 nitrogen and oxygen atoms in total. The number of hydrogen-bond acceptors (Lipinski definition) is 3. The fourth-order valence-electron chi connectivity index (χ4n) is 3.83. The molecule has 1 unspecified atom stereocenters. The van der Waals surface area contributed by atoms with Crippen LogP contribution in [-0.2, 0) is 10.3 Å². The highest BCUT2D eigenvalue weighted by Crippen LogP contribution is 2.49. The van der Waals surface area contributed by atoms with Gasteiger partial charge >= 0.3 is 6.03 Å². The first-order chi connectivity index (χ1) is 11.7. The number of amides is 3. The van der Waals surface area contributed by atoms with E-state index in [9.17, 15) is 9.59 Å². The van der Waals surface area contributed by atoms with Crippen molar-refractivity contribution in [3.63, 3.8) is 0 Å². The second kappa shape index (κ2) is 4.41. The molecule has 3 amide bonds. The van der Waals surface area contributed by atoms with E-state index in [-0.39, 0.29) is 5.91 Å². The van der Waals surface area contributed by atoms with Crippen molar-refractivity contribution in [1.29, 1.82) is 0 Å². The number of nitrogens with zero attached hydrogens (tertiary/aromatic N) is 1. The molecule has 1 saturated heterocycles. The van der Waals surface area contributed by atoms with Gasteiger partial charge in [-0.3, -0.25) is 15.1 Å². The molecule has 1 atom stereocenters. The molecule has 2 heterocycles. The summed E-state index contributed by atoms with van der Waals surface area (Å²) in [6, 6.07) is 13.2. The molecular formula is C19H13N3O2. The number of allylic oxidation sites excluding steroid dienone is 1. The zero-order chi connectivity index (χ0) is 16.3. The summed E-state index contributed by atoms with van der Waals surface area (Å²) < 4.78 is 0. The summed E-state index contributed by atoms with van der Waals surface area (Å²) in [7, 11) is 0. The minimum atomic E-state index is -1.15. The molecule has 5 heteroatoms. The van der Waals surface area contributed by atoms with Gasteiger partial charge in [0.05, 0.1) is 12.3 Å². The maximum atomic E-state index is 12.7. The summed E-state index contributed by atoms with van der Waals surface area (Å²) >= 11 is 0. The van der Waals surface area contributed by atoms with Crippen LogP contribution < -0.4 is 10.6 Å². The maximum absolute atomic E-state index is 12.7. The minimum Gasteiger partial charge on any atom is -0.316 e. The van der Waals surface area contributed by atoms with Crippen LogP contribution in [0.2, 0.25) is 0 Å². The Morgan fingerprint density at radius 2 is 1.83 bits per heavy atom. The lowest BCUT2D eigenvalue weighted by Crippen LogP contribution is -2.43. The van der Waals surface area contributed by atoms with E-state index in [1.807, 2.05) is 54.6 Å². The minimum absolute atomic E-state index is 0.334. The van der Waals surface area contributed by atoms with Gasteiger partial charge in [0.1, 0.15) is 0 Å². The number of nitrogens with one attached hydrogen (secondary N) is 2. The molecule has 1 aliphatic carbocycles. The largest absolute Gasteiger partial charge is 0.322 e. The van der Waals surface area contributed by atoms with Crippen LogP contribution in [0.5, 0.6) is 0 Å². The molecule has 0 aromatic heterocycles. The number of imide groups is 1. The second-order valence-electron chi connectivity index (χ2n) is 6.09.